The molecule has 272 valence electrons. The minimum absolute atomic E-state index is 1.11. The van der Waals surface area contributed by atoms with Crippen molar-refractivity contribution < 1.29 is 0 Å². The van der Waals surface area contributed by atoms with Crippen molar-refractivity contribution >= 4 is 102 Å². The zero-order valence-electron chi connectivity index (χ0n) is 31.3. The van der Waals surface area contributed by atoms with E-state index in [-0.39, 0.29) is 0 Å². The maximum atomic E-state index is 2.52. The summed E-state index contributed by atoms with van der Waals surface area (Å²) in [6.07, 6.45) is 0. The number of aromatic nitrogens is 1. The summed E-state index contributed by atoms with van der Waals surface area (Å²) in [5, 5.41) is 7.64. The number of rotatable bonds is 6. The lowest BCUT2D eigenvalue weighted by Gasteiger charge is -2.28. The Hall–Kier alpha value is -6.98. The molecule has 3 aromatic heterocycles. The Labute approximate surface area is 343 Å². The summed E-state index contributed by atoms with van der Waals surface area (Å²) in [5.74, 6) is 0. The van der Waals surface area contributed by atoms with E-state index < -0.39 is 0 Å². The van der Waals surface area contributed by atoms with Gasteiger partial charge < -0.3 is 9.47 Å². The van der Waals surface area contributed by atoms with Crippen LogP contribution in [-0.2, 0) is 0 Å². The topological polar surface area (TPSA) is 8.17 Å². The lowest BCUT2D eigenvalue weighted by Crippen LogP contribution is -2.11. The molecule has 0 amide bonds. The van der Waals surface area contributed by atoms with Crippen LogP contribution in [-0.4, -0.2) is 4.57 Å². The van der Waals surface area contributed by atoms with Crippen LogP contribution in [0.25, 0.3) is 90.1 Å². The highest BCUT2D eigenvalue weighted by molar-refractivity contribution is 7.27. The van der Waals surface area contributed by atoms with Gasteiger partial charge in [-0.25, -0.2) is 0 Å². The van der Waals surface area contributed by atoms with Gasteiger partial charge in [-0.05, 0) is 76.9 Å². The molecule has 2 nitrogen and oxygen atoms in total. The van der Waals surface area contributed by atoms with E-state index >= 15 is 0 Å². The maximum Gasteiger partial charge on any atom is 0.0640 e. The SMILES string of the molecule is c1ccc(-c2cccc3c2sc2c(N(c4ccc(-n5c6ccccc6c6ccccc65)cc4)c4ccc(-c5ccccc5)c5sc6ccccc6c45)cccc23)cc1. The third-order valence-electron chi connectivity index (χ3n) is 11.6. The van der Waals surface area contributed by atoms with Gasteiger partial charge in [0.15, 0.2) is 0 Å². The fraction of sp³-hybridized carbons (Fsp3) is 0. The molecule has 9 aromatic carbocycles. The summed E-state index contributed by atoms with van der Waals surface area (Å²) in [6.45, 7) is 0. The molecular formula is C54H34N2S2. The normalized spacial score (nSPS) is 11.8. The van der Waals surface area contributed by atoms with Gasteiger partial charge in [-0.1, -0.05) is 152 Å². The molecule has 0 atom stereocenters. The van der Waals surface area contributed by atoms with Crippen LogP contribution in [0.1, 0.15) is 0 Å². The van der Waals surface area contributed by atoms with Crippen molar-refractivity contribution in [3.8, 4) is 27.9 Å². The zero-order valence-corrected chi connectivity index (χ0v) is 33.0. The Morgan fingerprint density at radius 2 is 0.897 bits per heavy atom. The van der Waals surface area contributed by atoms with Gasteiger partial charge in [0.1, 0.15) is 0 Å². The Balaban J connectivity index is 1.13. The molecule has 0 aliphatic heterocycles. The molecule has 12 rings (SSSR count). The van der Waals surface area contributed by atoms with Crippen molar-refractivity contribution in [1.29, 1.82) is 0 Å². The number of hydrogen-bond acceptors (Lipinski definition) is 3. The van der Waals surface area contributed by atoms with E-state index in [4.69, 9.17) is 0 Å². The largest absolute Gasteiger partial charge is 0.309 e. The van der Waals surface area contributed by atoms with Crippen LogP contribution >= 0.6 is 22.7 Å². The van der Waals surface area contributed by atoms with Crippen LogP contribution in [0.15, 0.2) is 206 Å². The van der Waals surface area contributed by atoms with Crippen LogP contribution in [0, 0.1) is 0 Å². The molecular weight excluding hydrogens is 741 g/mol. The average molecular weight is 775 g/mol. The minimum atomic E-state index is 1.11. The van der Waals surface area contributed by atoms with Crippen LogP contribution in [0.3, 0.4) is 0 Å². The second-order valence-electron chi connectivity index (χ2n) is 14.8. The summed E-state index contributed by atoms with van der Waals surface area (Å²) in [7, 11) is 0. The zero-order chi connectivity index (χ0) is 38.2. The second kappa shape index (κ2) is 13.3. The first-order valence-electron chi connectivity index (χ1n) is 19.7. The van der Waals surface area contributed by atoms with E-state index in [1.54, 1.807) is 0 Å². The number of fused-ring (bicyclic) bond motifs is 9. The minimum Gasteiger partial charge on any atom is -0.309 e. The Kier molecular flexibility index (Phi) is 7.62. The number of thiophene rings is 2. The molecule has 4 heteroatoms. The summed E-state index contributed by atoms with van der Waals surface area (Å²) in [5.41, 5.74) is 12.0. The Morgan fingerprint density at radius 3 is 1.59 bits per heavy atom. The summed E-state index contributed by atoms with van der Waals surface area (Å²) in [4.78, 5) is 2.52. The number of hydrogen-bond donors (Lipinski definition) is 0. The van der Waals surface area contributed by atoms with Gasteiger partial charge in [0.2, 0.25) is 0 Å². The highest BCUT2D eigenvalue weighted by Crippen LogP contribution is 2.51. The lowest BCUT2D eigenvalue weighted by atomic mass is 10.00. The smallest absolute Gasteiger partial charge is 0.0640 e. The second-order valence-corrected chi connectivity index (χ2v) is 16.9. The van der Waals surface area contributed by atoms with Gasteiger partial charge in [0.05, 0.1) is 27.1 Å². The molecule has 0 fully saturated rings. The predicted molar refractivity (Wildman–Crippen MR) is 252 cm³/mol. The van der Waals surface area contributed by atoms with Crippen LogP contribution in [0.4, 0.5) is 17.1 Å². The molecule has 0 saturated heterocycles. The first-order chi connectivity index (χ1) is 28.8. The third kappa shape index (κ3) is 5.09. The van der Waals surface area contributed by atoms with Crippen molar-refractivity contribution in [2.75, 3.05) is 4.90 Å². The number of para-hydroxylation sites is 2. The first kappa shape index (κ1) is 33.2. The van der Waals surface area contributed by atoms with E-state index in [2.05, 4.69) is 216 Å². The highest BCUT2D eigenvalue weighted by atomic mass is 32.1. The summed E-state index contributed by atoms with van der Waals surface area (Å²) >= 11 is 3.79. The van der Waals surface area contributed by atoms with Crippen molar-refractivity contribution in [2.24, 2.45) is 0 Å². The lowest BCUT2D eigenvalue weighted by molar-refractivity contribution is 1.17. The predicted octanol–water partition coefficient (Wildman–Crippen LogP) is 16.3. The summed E-state index contributed by atoms with van der Waals surface area (Å²) < 4.78 is 7.56. The Morgan fingerprint density at radius 1 is 0.345 bits per heavy atom. The fourth-order valence-electron chi connectivity index (χ4n) is 9.03. The standard InChI is InChI=1S/C54H34N2S2/c1-3-15-35(16-4-1)39-22-13-23-43-44-24-14-27-49(53(44)58-52(39)43)56(38-31-29-37(30-32-38)55-46-25-10-7-19-41(46)42-20-8-11-26-47(42)55)48-34-33-40(36-17-5-2-6-18-36)54-51(48)45-21-9-12-28-50(45)57-54/h1-34H. The Bertz CT molecular complexity index is 3450. The van der Waals surface area contributed by atoms with E-state index in [1.807, 2.05) is 22.7 Å². The van der Waals surface area contributed by atoms with Gasteiger partial charge >= 0.3 is 0 Å². The van der Waals surface area contributed by atoms with E-state index in [0.717, 1.165) is 11.4 Å². The molecule has 12 aromatic rings. The molecule has 0 aliphatic rings. The van der Waals surface area contributed by atoms with Crippen LogP contribution in [0.5, 0.6) is 0 Å². The van der Waals surface area contributed by atoms with E-state index in [0.29, 0.717) is 0 Å². The first-order valence-corrected chi connectivity index (χ1v) is 21.3. The summed E-state index contributed by atoms with van der Waals surface area (Å²) in [6, 6.07) is 75.5. The number of nitrogens with zero attached hydrogens (tertiary/aromatic N) is 2. The van der Waals surface area contributed by atoms with Gasteiger partial charge in [-0.2, -0.15) is 0 Å². The molecule has 0 aliphatic carbocycles. The van der Waals surface area contributed by atoms with E-state index in [9.17, 15) is 0 Å². The maximum absolute atomic E-state index is 2.52. The third-order valence-corrected chi connectivity index (χ3v) is 14.1. The molecule has 0 saturated carbocycles. The fourth-order valence-corrected chi connectivity index (χ4v) is 11.6. The van der Waals surface area contributed by atoms with Crippen molar-refractivity contribution in [3.05, 3.63) is 206 Å². The van der Waals surface area contributed by atoms with Crippen LogP contribution < -0.4 is 4.90 Å². The van der Waals surface area contributed by atoms with Gasteiger partial charge in [-0.15, -0.1) is 22.7 Å². The highest BCUT2D eigenvalue weighted by Gasteiger charge is 2.24. The van der Waals surface area contributed by atoms with Gasteiger partial charge in [0, 0.05) is 57.8 Å². The van der Waals surface area contributed by atoms with E-state index in [1.165, 1.54) is 95.8 Å². The molecule has 0 bridgehead atoms. The quantitative estimate of drug-likeness (QED) is 0.163. The molecule has 3 heterocycles. The van der Waals surface area contributed by atoms with Crippen molar-refractivity contribution in [3.63, 3.8) is 0 Å². The number of anilines is 3. The average Bonchev–Trinajstić information content (AvgIpc) is 3.98. The van der Waals surface area contributed by atoms with Crippen LogP contribution in [0.2, 0.25) is 0 Å². The molecule has 0 unspecified atom stereocenters. The monoisotopic (exact) mass is 774 g/mol. The van der Waals surface area contributed by atoms with Gasteiger partial charge in [-0.3, -0.25) is 0 Å². The molecule has 0 radical (unpaired) electrons. The molecule has 0 N–H and O–H groups in total. The molecule has 58 heavy (non-hydrogen) atoms. The van der Waals surface area contributed by atoms with Gasteiger partial charge in [0.25, 0.3) is 0 Å². The van der Waals surface area contributed by atoms with Crippen molar-refractivity contribution in [2.45, 2.75) is 0 Å². The molecule has 0 spiro atoms. The van der Waals surface area contributed by atoms with Crippen molar-refractivity contribution in [1.82, 2.24) is 4.57 Å². The number of benzene rings is 9.